The summed E-state index contributed by atoms with van der Waals surface area (Å²) in [5, 5.41) is 8.87. The molecule has 4 nitrogen and oxygen atoms in total. The molecule has 0 radical (unpaired) electrons. The van der Waals surface area contributed by atoms with Crippen molar-refractivity contribution in [1.29, 1.82) is 0 Å². The number of amides is 1. The van der Waals surface area contributed by atoms with E-state index in [1.54, 1.807) is 0 Å². The lowest BCUT2D eigenvalue weighted by Gasteiger charge is -2.41. The molecule has 2 aliphatic carbocycles. The third-order valence-corrected chi connectivity index (χ3v) is 6.28. The van der Waals surface area contributed by atoms with Crippen molar-refractivity contribution in [3.63, 3.8) is 0 Å². The van der Waals surface area contributed by atoms with Crippen molar-refractivity contribution in [2.45, 2.75) is 64.2 Å². The molecule has 124 valence electrons. The molecule has 1 saturated heterocycles. The van der Waals surface area contributed by atoms with E-state index in [1.165, 1.54) is 32.1 Å². The first-order valence-electron chi connectivity index (χ1n) is 9.14. The molecule has 3 unspecified atom stereocenters. The Kier molecular flexibility index (Phi) is 5.04. The van der Waals surface area contributed by atoms with Crippen LogP contribution in [0.4, 0.5) is 0 Å². The summed E-state index contributed by atoms with van der Waals surface area (Å²) in [4.78, 5) is 25.6. The van der Waals surface area contributed by atoms with E-state index < -0.39 is 5.97 Å². The van der Waals surface area contributed by atoms with Gasteiger partial charge in [0.15, 0.2) is 0 Å². The second kappa shape index (κ2) is 7.01. The number of carbonyl (C=O) groups excluding carboxylic acids is 1. The molecule has 3 atom stereocenters. The maximum Gasteiger partial charge on any atom is 0.303 e. The van der Waals surface area contributed by atoms with Crippen LogP contribution in [0.1, 0.15) is 64.2 Å². The summed E-state index contributed by atoms with van der Waals surface area (Å²) in [6.07, 6.45) is 10.9. The Morgan fingerprint density at radius 3 is 2.27 bits per heavy atom. The van der Waals surface area contributed by atoms with Crippen molar-refractivity contribution < 1.29 is 14.7 Å². The Balaban J connectivity index is 1.49. The predicted octanol–water partition coefficient (Wildman–Crippen LogP) is 3.31. The van der Waals surface area contributed by atoms with E-state index in [9.17, 15) is 9.59 Å². The van der Waals surface area contributed by atoms with E-state index in [-0.39, 0.29) is 18.3 Å². The van der Waals surface area contributed by atoms with Crippen LogP contribution in [0.3, 0.4) is 0 Å². The third-order valence-electron chi connectivity index (χ3n) is 6.28. The Hall–Kier alpha value is -1.06. The molecule has 0 aromatic rings. The Morgan fingerprint density at radius 2 is 1.59 bits per heavy atom. The van der Waals surface area contributed by atoms with Gasteiger partial charge in [-0.05, 0) is 49.9 Å². The highest BCUT2D eigenvalue weighted by Gasteiger charge is 2.37. The van der Waals surface area contributed by atoms with Crippen LogP contribution >= 0.6 is 0 Å². The zero-order chi connectivity index (χ0) is 15.5. The van der Waals surface area contributed by atoms with Crippen LogP contribution in [0.2, 0.25) is 0 Å². The van der Waals surface area contributed by atoms with Gasteiger partial charge in [-0.25, -0.2) is 0 Å². The van der Waals surface area contributed by atoms with Crippen LogP contribution in [0.25, 0.3) is 0 Å². The van der Waals surface area contributed by atoms with E-state index in [1.807, 2.05) is 4.90 Å². The average molecular weight is 307 g/mol. The van der Waals surface area contributed by atoms with Crippen LogP contribution in [-0.4, -0.2) is 35.0 Å². The molecule has 1 amide bonds. The van der Waals surface area contributed by atoms with Crippen molar-refractivity contribution in [1.82, 2.24) is 4.90 Å². The van der Waals surface area contributed by atoms with Gasteiger partial charge in [-0.1, -0.05) is 25.7 Å². The molecule has 4 heteroatoms. The van der Waals surface area contributed by atoms with Crippen LogP contribution in [0.5, 0.6) is 0 Å². The molecule has 2 saturated carbocycles. The number of nitrogens with zero attached hydrogens (tertiary/aromatic N) is 1. The number of likely N-dealkylation sites (tertiary alicyclic amines) is 1. The fraction of sp³-hybridized carbons (Fsp3) is 0.889. The summed E-state index contributed by atoms with van der Waals surface area (Å²) in [5.74, 6) is 1.84. The second-order valence-corrected chi connectivity index (χ2v) is 7.68. The van der Waals surface area contributed by atoms with Gasteiger partial charge in [0.1, 0.15) is 0 Å². The average Bonchev–Trinajstić information content (AvgIpc) is 2.54. The molecule has 0 aromatic carbocycles. The lowest BCUT2D eigenvalue weighted by Crippen LogP contribution is -2.44. The SMILES string of the molecule is O=C(O)CC1CCN(C(=O)C2CCC3CCCCC3C2)CC1. The molecular weight excluding hydrogens is 278 g/mol. The van der Waals surface area contributed by atoms with Crippen LogP contribution in [0, 0.1) is 23.7 Å². The number of hydrogen-bond acceptors (Lipinski definition) is 2. The van der Waals surface area contributed by atoms with Gasteiger partial charge >= 0.3 is 5.97 Å². The lowest BCUT2D eigenvalue weighted by atomic mass is 9.67. The number of hydrogen-bond donors (Lipinski definition) is 1. The number of carboxylic acids is 1. The fourth-order valence-electron chi connectivity index (χ4n) is 4.96. The van der Waals surface area contributed by atoms with Crippen LogP contribution in [0.15, 0.2) is 0 Å². The molecule has 0 bridgehead atoms. The van der Waals surface area contributed by atoms with Gasteiger partial charge in [0.05, 0.1) is 0 Å². The highest BCUT2D eigenvalue weighted by atomic mass is 16.4. The minimum absolute atomic E-state index is 0.246. The van der Waals surface area contributed by atoms with Crippen molar-refractivity contribution in [3.05, 3.63) is 0 Å². The maximum atomic E-state index is 12.8. The molecule has 3 fully saturated rings. The Morgan fingerprint density at radius 1 is 0.909 bits per heavy atom. The number of carbonyl (C=O) groups is 2. The van der Waals surface area contributed by atoms with Crippen molar-refractivity contribution >= 4 is 11.9 Å². The van der Waals surface area contributed by atoms with Gasteiger partial charge in [0, 0.05) is 25.4 Å². The fourth-order valence-corrected chi connectivity index (χ4v) is 4.96. The Labute approximate surface area is 133 Å². The first-order valence-corrected chi connectivity index (χ1v) is 9.14. The van der Waals surface area contributed by atoms with Gasteiger partial charge in [0.25, 0.3) is 0 Å². The summed E-state index contributed by atoms with van der Waals surface area (Å²) in [7, 11) is 0. The second-order valence-electron chi connectivity index (χ2n) is 7.68. The smallest absolute Gasteiger partial charge is 0.303 e. The normalized spacial score (nSPS) is 33.3. The highest BCUT2D eigenvalue weighted by Crippen LogP contribution is 2.43. The number of rotatable bonds is 3. The van der Waals surface area contributed by atoms with Crippen molar-refractivity contribution in [2.24, 2.45) is 23.7 Å². The highest BCUT2D eigenvalue weighted by molar-refractivity contribution is 5.79. The summed E-state index contributed by atoms with van der Waals surface area (Å²) in [6.45, 7) is 1.53. The third kappa shape index (κ3) is 3.64. The van der Waals surface area contributed by atoms with E-state index >= 15 is 0 Å². The molecule has 1 heterocycles. The number of aliphatic carboxylic acids is 1. The molecule has 1 aliphatic heterocycles. The standard InChI is InChI=1S/C18H29NO3/c20-17(21)11-13-7-9-19(10-8-13)18(22)16-6-5-14-3-1-2-4-15(14)12-16/h13-16H,1-12H2,(H,20,21). The minimum Gasteiger partial charge on any atom is -0.481 e. The summed E-state index contributed by atoms with van der Waals surface area (Å²) in [5.41, 5.74) is 0. The maximum absolute atomic E-state index is 12.8. The van der Waals surface area contributed by atoms with Gasteiger partial charge in [-0.15, -0.1) is 0 Å². The summed E-state index contributed by atoms with van der Waals surface area (Å²) >= 11 is 0. The van der Waals surface area contributed by atoms with Gasteiger partial charge in [-0.3, -0.25) is 9.59 Å². The molecule has 0 spiro atoms. The van der Waals surface area contributed by atoms with E-state index in [0.717, 1.165) is 50.6 Å². The first kappa shape index (κ1) is 15.8. The zero-order valence-corrected chi connectivity index (χ0v) is 13.5. The van der Waals surface area contributed by atoms with E-state index in [2.05, 4.69) is 0 Å². The van der Waals surface area contributed by atoms with Crippen molar-refractivity contribution in [3.8, 4) is 0 Å². The molecule has 3 rings (SSSR count). The first-order chi connectivity index (χ1) is 10.6. The lowest BCUT2D eigenvalue weighted by molar-refractivity contribution is -0.140. The molecule has 1 N–H and O–H groups in total. The van der Waals surface area contributed by atoms with Crippen LogP contribution < -0.4 is 0 Å². The minimum atomic E-state index is -0.708. The molecule has 3 aliphatic rings. The van der Waals surface area contributed by atoms with Crippen LogP contribution in [-0.2, 0) is 9.59 Å². The molecular formula is C18H29NO3. The van der Waals surface area contributed by atoms with E-state index in [0.29, 0.717) is 5.91 Å². The van der Waals surface area contributed by atoms with E-state index in [4.69, 9.17) is 5.11 Å². The number of piperidine rings is 1. The van der Waals surface area contributed by atoms with Gasteiger partial charge in [-0.2, -0.15) is 0 Å². The topological polar surface area (TPSA) is 57.6 Å². The quantitative estimate of drug-likeness (QED) is 0.870. The summed E-state index contributed by atoms with van der Waals surface area (Å²) in [6, 6.07) is 0. The number of fused-ring (bicyclic) bond motifs is 1. The largest absolute Gasteiger partial charge is 0.481 e. The number of carboxylic acid groups (broad SMARTS) is 1. The van der Waals surface area contributed by atoms with Crippen molar-refractivity contribution in [2.75, 3.05) is 13.1 Å². The van der Waals surface area contributed by atoms with Gasteiger partial charge < -0.3 is 10.0 Å². The monoisotopic (exact) mass is 307 g/mol. The zero-order valence-electron chi connectivity index (χ0n) is 13.5. The molecule has 22 heavy (non-hydrogen) atoms. The summed E-state index contributed by atoms with van der Waals surface area (Å²) < 4.78 is 0. The van der Waals surface area contributed by atoms with Gasteiger partial charge in [0.2, 0.25) is 5.91 Å². The predicted molar refractivity (Wildman–Crippen MR) is 84.3 cm³/mol. The molecule has 0 aromatic heterocycles. The Bertz CT molecular complexity index is 415.